The van der Waals surface area contributed by atoms with Gasteiger partial charge in [-0.2, -0.15) is 0 Å². The van der Waals surface area contributed by atoms with Crippen molar-refractivity contribution in [3.05, 3.63) is 20.0 Å². The van der Waals surface area contributed by atoms with Crippen LogP contribution in [0.2, 0.25) is 0 Å². The summed E-state index contributed by atoms with van der Waals surface area (Å²) in [5.74, 6) is 0. The Hall–Kier alpha value is 0.843. The van der Waals surface area contributed by atoms with Crippen LogP contribution in [0.3, 0.4) is 0 Å². The summed E-state index contributed by atoms with van der Waals surface area (Å²) >= 11 is 1.20. The van der Waals surface area contributed by atoms with Crippen molar-refractivity contribution < 1.29 is 58.7 Å². The molecule has 0 saturated carbocycles. The van der Waals surface area contributed by atoms with Crippen LogP contribution in [0.25, 0.3) is 0 Å². The molecular weight excluding hydrogens is 333 g/mol. The van der Waals surface area contributed by atoms with Crippen molar-refractivity contribution in [2.45, 2.75) is 32.9 Å². The molecular formula is C9H12Cl2O2PZr. The number of hydrogen-bond donors (Lipinski definition) is 0. The molecule has 1 rings (SSSR count). The maximum Gasteiger partial charge on any atom is -1.00 e. The second kappa shape index (κ2) is 5.96. The van der Waals surface area contributed by atoms with Crippen molar-refractivity contribution in [2.75, 3.05) is 0 Å². The van der Waals surface area contributed by atoms with Crippen molar-refractivity contribution in [1.29, 1.82) is 0 Å². The zero-order chi connectivity index (χ0) is 10.4. The maximum absolute atomic E-state index is 11.2. The van der Waals surface area contributed by atoms with Crippen LogP contribution in [0, 0.1) is 0 Å². The summed E-state index contributed by atoms with van der Waals surface area (Å²) in [7, 11) is -2.41. The van der Waals surface area contributed by atoms with Crippen molar-refractivity contribution in [1.82, 2.24) is 0 Å². The normalized spacial score (nSPS) is 24.9. The molecule has 1 aliphatic rings. The van der Waals surface area contributed by atoms with E-state index in [4.69, 9.17) is 0 Å². The fourth-order valence-electron chi connectivity index (χ4n) is 1.61. The molecule has 1 aliphatic carbocycles. The molecule has 0 spiro atoms. The van der Waals surface area contributed by atoms with Gasteiger partial charge in [0.15, 0.2) is 0 Å². The smallest absolute Gasteiger partial charge is 1.00 e. The van der Waals surface area contributed by atoms with Gasteiger partial charge < -0.3 is 24.8 Å². The van der Waals surface area contributed by atoms with Crippen LogP contribution in [-0.4, -0.2) is 5.16 Å². The van der Waals surface area contributed by atoms with E-state index < -0.39 is 12.8 Å². The average Bonchev–Trinajstić information content (AvgIpc) is 2.22. The second-order valence-electron chi connectivity index (χ2n) is 3.58. The summed E-state index contributed by atoms with van der Waals surface area (Å²) < 4.78 is 23.5. The van der Waals surface area contributed by atoms with E-state index in [9.17, 15) is 9.13 Å². The van der Waals surface area contributed by atoms with Gasteiger partial charge in [-0.05, 0) is 0 Å². The van der Waals surface area contributed by atoms with Crippen LogP contribution in [-0.2, 0) is 33.8 Å². The van der Waals surface area contributed by atoms with E-state index in [-0.39, 0.29) is 24.8 Å². The minimum Gasteiger partial charge on any atom is -1.00 e. The number of hydrogen-bond acceptors (Lipinski definition) is 2. The van der Waals surface area contributed by atoms with E-state index in [2.05, 4.69) is 0 Å². The molecule has 6 heteroatoms. The first-order valence-corrected chi connectivity index (χ1v) is 6.50. The first kappa shape index (κ1) is 18.2. The fourth-order valence-corrected chi connectivity index (χ4v) is 4.00. The molecule has 0 fully saturated rings. The Morgan fingerprint density at radius 2 is 1.47 bits per heavy atom. The van der Waals surface area contributed by atoms with Gasteiger partial charge in [-0.15, -0.1) is 0 Å². The molecule has 0 aromatic carbocycles. The van der Waals surface area contributed by atoms with Crippen LogP contribution in [0.4, 0.5) is 0 Å². The van der Waals surface area contributed by atoms with Gasteiger partial charge in [0.1, 0.15) is 0 Å². The van der Waals surface area contributed by atoms with Crippen molar-refractivity contribution in [3.8, 4) is 0 Å². The van der Waals surface area contributed by atoms with E-state index in [1.54, 1.807) is 6.92 Å². The Kier molecular flexibility index (Phi) is 7.24. The molecule has 0 aromatic rings. The van der Waals surface area contributed by atoms with Crippen LogP contribution in [0.5, 0.6) is 0 Å². The zero-order valence-electron chi connectivity index (χ0n) is 9.02. The van der Waals surface area contributed by atoms with Crippen molar-refractivity contribution in [2.24, 2.45) is 0 Å². The zero-order valence-corrected chi connectivity index (χ0v) is 13.9. The predicted octanol–water partition coefficient (Wildman–Crippen LogP) is -2.90. The Morgan fingerprint density at radius 1 is 1.07 bits per heavy atom. The Balaban J connectivity index is 0. The van der Waals surface area contributed by atoms with E-state index in [0.717, 1.165) is 20.0 Å². The molecule has 0 saturated heterocycles. The molecule has 0 radical (unpaired) electrons. The fraction of sp³-hybridized carbons (Fsp3) is 0.556. The van der Waals surface area contributed by atoms with E-state index in [0.29, 0.717) is 0 Å². The molecule has 0 amide bonds. The van der Waals surface area contributed by atoms with Gasteiger partial charge in [-0.3, -0.25) is 0 Å². The van der Waals surface area contributed by atoms with Crippen LogP contribution in [0.15, 0.2) is 20.0 Å². The minimum absolute atomic E-state index is 0. The molecule has 0 N–H and O–H groups in total. The Morgan fingerprint density at radius 3 is 1.60 bits per heavy atom. The van der Waals surface area contributed by atoms with E-state index >= 15 is 0 Å². The molecule has 15 heavy (non-hydrogen) atoms. The monoisotopic (exact) mass is 343 g/mol. The first-order valence-electron chi connectivity index (χ1n) is 4.09. The largest absolute Gasteiger partial charge is 1.00 e. The van der Waals surface area contributed by atoms with Gasteiger partial charge in [0, 0.05) is 0 Å². The number of halogens is 2. The molecule has 1 unspecified atom stereocenters. The molecule has 2 nitrogen and oxygen atoms in total. The Bertz CT molecular complexity index is 365. The third-order valence-corrected chi connectivity index (χ3v) is 7.04. The van der Waals surface area contributed by atoms with Crippen LogP contribution >= 0.6 is 7.68 Å². The third kappa shape index (κ3) is 2.57. The quantitative estimate of drug-likeness (QED) is 0.478. The van der Waals surface area contributed by atoms with Crippen molar-refractivity contribution >= 4 is 7.68 Å². The van der Waals surface area contributed by atoms with E-state index in [1.165, 1.54) is 24.7 Å². The molecule has 0 bridgehead atoms. The summed E-state index contributed by atoms with van der Waals surface area (Å²) in [4.78, 5) is 0. The standard InChI is InChI=1S/C9H12O2P.2ClH.Zr/c1-6-5-9(4,12(10)11)8(3)7(6)2;;;/h1-4H3;2*1H;/q;;;+2/p-2. The van der Waals surface area contributed by atoms with Gasteiger partial charge in [0.05, 0.1) is 0 Å². The molecule has 83 valence electrons. The van der Waals surface area contributed by atoms with Gasteiger partial charge in [0.25, 0.3) is 0 Å². The van der Waals surface area contributed by atoms with Gasteiger partial charge >= 0.3 is 94.4 Å². The molecule has 1 atom stereocenters. The predicted molar refractivity (Wildman–Crippen MR) is 47.8 cm³/mol. The van der Waals surface area contributed by atoms with Gasteiger partial charge in [-0.1, -0.05) is 0 Å². The number of allylic oxidation sites excluding steroid dienone is 4. The van der Waals surface area contributed by atoms with Gasteiger partial charge in [-0.25, -0.2) is 0 Å². The summed E-state index contributed by atoms with van der Waals surface area (Å²) in [5, 5.41) is -0.693. The van der Waals surface area contributed by atoms with Gasteiger partial charge in [0.2, 0.25) is 0 Å². The van der Waals surface area contributed by atoms with Crippen LogP contribution in [0.1, 0.15) is 27.7 Å². The second-order valence-corrected chi connectivity index (χ2v) is 6.22. The summed E-state index contributed by atoms with van der Waals surface area (Å²) in [6, 6.07) is 0. The van der Waals surface area contributed by atoms with E-state index in [1.807, 2.05) is 20.8 Å². The topological polar surface area (TPSA) is 34.1 Å². The average molecular weight is 345 g/mol. The Labute approximate surface area is 118 Å². The summed E-state index contributed by atoms with van der Waals surface area (Å²) in [6.45, 7) is 7.73. The minimum atomic E-state index is -2.41. The van der Waals surface area contributed by atoms with Crippen LogP contribution < -0.4 is 24.8 Å². The molecule has 0 aromatic heterocycles. The summed E-state index contributed by atoms with van der Waals surface area (Å²) in [6.07, 6.45) is 0. The SMILES string of the molecule is CC1=C(C)C(C)(P(=O)=O)[C]([Zr+2])=C1C.[Cl-].[Cl-]. The number of rotatable bonds is 1. The third-order valence-electron chi connectivity index (χ3n) is 3.08. The molecule has 0 aliphatic heterocycles. The molecule has 0 heterocycles. The first-order chi connectivity index (χ1) is 5.83. The summed E-state index contributed by atoms with van der Waals surface area (Å²) in [5.41, 5.74) is 3.30. The van der Waals surface area contributed by atoms with Crippen molar-refractivity contribution in [3.63, 3.8) is 0 Å². The maximum atomic E-state index is 11.2.